The highest BCUT2D eigenvalue weighted by Gasteiger charge is 2.42. The van der Waals surface area contributed by atoms with Crippen molar-refractivity contribution in [2.24, 2.45) is 0 Å². The molecular formula is C19H15NO2S. The number of rotatable bonds is 3. The zero-order chi connectivity index (χ0) is 15.9. The van der Waals surface area contributed by atoms with Gasteiger partial charge < -0.3 is 5.11 Å². The maximum atomic E-state index is 11.2. The van der Waals surface area contributed by atoms with Crippen LogP contribution in [0.2, 0.25) is 0 Å². The van der Waals surface area contributed by atoms with Crippen LogP contribution in [0.25, 0.3) is 0 Å². The molecule has 4 heteroatoms. The van der Waals surface area contributed by atoms with Gasteiger partial charge in [0.2, 0.25) is 0 Å². The molecule has 4 rings (SSSR count). The van der Waals surface area contributed by atoms with Crippen molar-refractivity contribution in [3.63, 3.8) is 0 Å². The van der Waals surface area contributed by atoms with Crippen LogP contribution in [-0.4, -0.2) is 16.1 Å². The smallest absolute Gasteiger partial charge is 0.355 e. The predicted octanol–water partition coefficient (Wildman–Crippen LogP) is 3.93. The Hall–Kier alpha value is -2.46. The van der Waals surface area contributed by atoms with Crippen LogP contribution in [0.4, 0.5) is 0 Å². The van der Waals surface area contributed by atoms with E-state index >= 15 is 0 Å². The van der Waals surface area contributed by atoms with Gasteiger partial charge in [0.05, 0.1) is 5.41 Å². The topological polar surface area (TPSA) is 50.2 Å². The van der Waals surface area contributed by atoms with E-state index in [0.717, 1.165) is 17.8 Å². The van der Waals surface area contributed by atoms with Crippen LogP contribution in [0.3, 0.4) is 0 Å². The number of benzene rings is 2. The fourth-order valence-corrected chi connectivity index (χ4v) is 4.46. The zero-order valence-electron chi connectivity index (χ0n) is 12.4. The Balaban J connectivity index is 1.88. The molecule has 23 heavy (non-hydrogen) atoms. The van der Waals surface area contributed by atoms with Crippen molar-refractivity contribution >= 4 is 17.3 Å². The van der Waals surface area contributed by atoms with Crippen LogP contribution < -0.4 is 0 Å². The summed E-state index contributed by atoms with van der Waals surface area (Å²) in [6.45, 7) is 0. The Morgan fingerprint density at radius 1 is 1.00 bits per heavy atom. The molecular weight excluding hydrogens is 306 g/mol. The van der Waals surface area contributed by atoms with E-state index in [4.69, 9.17) is 0 Å². The van der Waals surface area contributed by atoms with Crippen molar-refractivity contribution in [1.29, 1.82) is 0 Å². The van der Waals surface area contributed by atoms with Crippen LogP contribution >= 0.6 is 11.3 Å². The number of aromatic carboxylic acids is 1. The van der Waals surface area contributed by atoms with Gasteiger partial charge >= 0.3 is 5.97 Å². The molecule has 1 aliphatic carbocycles. The van der Waals surface area contributed by atoms with Gasteiger partial charge in [-0.25, -0.2) is 9.78 Å². The van der Waals surface area contributed by atoms with Crippen LogP contribution in [0.15, 0.2) is 60.0 Å². The third-order valence-corrected chi connectivity index (χ3v) is 5.61. The van der Waals surface area contributed by atoms with Crippen molar-refractivity contribution in [1.82, 2.24) is 4.98 Å². The number of fused-ring (bicyclic) bond motifs is 1. The normalized spacial score (nSPS) is 15.3. The minimum Gasteiger partial charge on any atom is -0.476 e. The largest absolute Gasteiger partial charge is 0.476 e. The Bertz CT molecular complexity index is 845. The highest BCUT2D eigenvalue weighted by Crippen LogP contribution is 2.45. The van der Waals surface area contributed by atoms with Crippen molar-refractivity contribution in [2.75, 3.05) is 0 Å². The highest BCUT2D eigenvalue weighted by molar-refractivity contribution is 7.10. The van der Waals surface area contributed by atoms with Gasteiger partial charge in [-0.15, -0.1) is 11.3 Å². The lowest BCUT2D eigenvalue weighted by Crippen LogP contribution is -2.28. The molecule has 1 heterocycles. The fourth-order valence-electron chi connectivity index (χ4n) is 3.44. The molecule has 2 aromatic carbocycles. The summed E-state index contributed by atoms with van der Waals surface area (Å²) in [6, 6.07) is 18.7. The number of carboxylic acid groups (broad SMARTS) is 1. The molecule has 0 amide bonds. The minimum atomic E-state index is -0.966. The lowest BCUT2D eigenvalue weighted by Gasteiger charge is -2.27. The molecule has 0 spiro atoms. The molecule has 0 unspecified atom stereocenters. The Morgan fingerprint density at radius 2 is 1.61 bits per heavy atom. The van der Waals surface area contributed by atoms with E-state index in [-0.39, 0.29) is 11.1 Å². The standard InChI is InChI=1S/C19H15NO2S/c21-17(22)16-12-23-18(20-16)19(15-8-2-1-3-9-15)10-13-6-4-5-7-14(13)11-19/h1-9,12H,10-11H2,(H,21,22). The average molecular weight is 321 g/mol. The number of hydrogen-bond acceptors (Lipinski definition) is 3. The summed E-state index contributed by atoms with van der Waals surface area (Å²) >= 11 is 1.45. The van der Waals surface area contributed by atoms with Crippen molar-refractivity contribution in [3.8, 4) is 0 Å². The first kappa shape index (κ1) is 14.2. The Labute approximate surface area is 138 Å². The second-order valence-corrected chi connectivity index (χ2v) is 6.77. The van der Waals surface area contributed by atoms with E-state index in [2.05, 4.69) is 41.4 Å². The molecule has 0 fully saturated rings. The van der Waals surface area contributed by atoms with Crippen LogP contribution in [-0.2, 0) is 18.3 Å². The second-order valence-electron chi connectivity index (χ2n) is 5.91. The Morgan fingerprint density at radius 3 is 2.17 bits per heavy atom. The molecule has 3 nitrogen and oxygen atoms in total. The molecule has 0 saturated carbocycles. The van der Waals surface area contributed by atoms with Gasteiger partial charge in [-0.1, -0.05) is 54.6 Å². The van der Waals surface area contributed by atoms with E-state index in [1.54, 1.807) is 5.38 Å². The van der Waals surface area contributed by atoms with Gasteiger partial charge in [-0.05, 0) is 29.5 Å². The third-order valence-electron chi connectivity index (χ3n) is 4.56. The van der Waals surface area contributed by atoms with E-state index in [9.17, 15) is 9.90 Å². The van der Waals surface area contributed by atoms with E-state index in [1.165, 1.54) is 28.0 Å². The molecule has 1 aromatic heterocycles. The van der Waals surface area contributed by atoms with Gasteiger partial charge in [0, 0.05) is 5.38 Å². The maximum absolute atomic E-state index is 11.2. The lowest BCUT2D eigenvalue weighted by atomic mass is 9.78. The summed E-state index contributed by atoms with van der Waals surface area (Å²) < 4.78 is 0. The molecule has 1 aliphatic rings. The molecule has 0 radical (unpaired) electrons. The lowest BCUT2D eigenvalue weighted by molar-refractivity contribution is 0.0691. The number of thiazole rings is 1. The molecule has 1 N–H and O–H groups in total. The monoisotopic (exact) mass is 321 g/mol. The summed E-state index contributed by atoms with van der Waals surface area (Å²) in [5.41, 5.74) is 3.72. The van der Waals surface area contributed by atoms with Crippen molar-refractivity contribution in [3.05, 3.63) is 87.4 Å². The van der Waals surface area contributed by atoms with Crippen LogP contribution in [0, 0.1) is 0 Å². The predicted molar refractivity (Wildman–Crippen MR) is 90.1 cm³/mol. The number of carbonyl (C=O) groups is 1. The molecule has 0 bridgehead atoms. The minimum absolute atomic E-state index is 0.135. The number of carboxylic acids is 1. The SMILES string of the molecule is O=C(O)c1csc(C2(c3ccccc3)Cc3ccccc3C2)n1. The van der Waals surface area contributed by atoms with E-state index < -0.39 is 5.97 Å². The maximum Gasteiger partial charge on any atom is 0.355 e. The molecule has 0 saturated heterocycles. The molecule has 0 atom stereocenters. The Kier molecular flexibility index (Phi) is 3.27. The van der Waals surface area contributed by atoms with E-state index in [0.29, 0.717) is 0 Å². The summed E-state index contributed by atoms with van der Waals surface area (Å²) in [6.07, 6.45) is 1.72. The number of hydrogen-bond donors (Lipinski definition) is 1. The van der Waals surface area contributed by atoms with E-state index in [1.807, 2.05) is 18.2 Å². The number of aromatic nitrogens is 1. The quantitative estimate of drug-likeness (QED) is 0.795. The highest BCUT2D eigenvalue weighted by atomic mass is 32.1. The van der Waals surface area contributed by atoms with Gasteiger partial charge in [0.1, 0.15) is 5.01 Å². The summed E-state index contributed by atoms with van der Waals surface area (Å²) in [7, 11) is 0. The first-order valence-electron chi connectivity index (χ1n) is 7.51. The van der Waals surface area contributed by atoms with Gasteiger partial charge in [0.15, 0.2) is 5.69 Å². The van der Waals surface area contributed by atoms with Gasteiger partial charge in [0.25, 0.3) is 0 Å². The summed E-state index contributed by atoms with van der Waals surface area (Å²) in [5, 5.41) is 11.7. The zero-order valence-corrected chi connectivity index (χ0v) is 13.2. The fraction of sp³-hybridized carbons (Fsp3) is 0.158. The first-order valence-corrected chi connectivity index (χ1v) is 8.39. The molecule has 114 valence electrons. The molecule has 0 aliphatic heterocycles. The van der Waals surface area contributed by atoms with Crippen LogP contribution in [0.1, 0.15) is 32.2 Å². The van der Waals surface area contributed by atoms with Crippen LogP contribution in [0.5, 0.6) is 0 Å². The average Bonchev–Trinajstić information content (AvgIpc) is 3.21. The summed E-state index contributed by atoms with van der Waals surface area (Å²) in [5.74, 6) is -0.966. The summed E-state index contributed by atoms with van der Waals surface area (Å²) in [4.78, 5) is 15.7. The molecule has 3 aromatic rings. The van der Waals surface area contributed by atoms with Crippen molar-refractivity contribution < 1.29 is 9.90 Å². The van der Waals surface area contributed by atoms with Gasteiger partial charge in [-0.3, -0.25) is 0 Å². The second kappa shape index (κ2) is 5.32. The first-order chi connectivity index (χ1) is 11.2. The third kappa shape index (κ3) is 2.26. The van der Waals surface area contributed by atoms with Crippen molar-refractivity contribution in [2.45, 2.75) is 18.3 Å². The van der Waals surface area contributed by atoms with Gasteiger partial charge in [-0.2, -0.15) is 0 Å². The number of nitrogens with zero attached hydrogens (tertiary/aromatic N) is 1.